The van der Waals surface area contributed by atoms with Gasteiger partial charge in [-0.25, -0.2) is 4.79 Å². The second-order valence-corrected chi connectivity index (χ2v) is 13.2. The third-order valence-corrected chi connectivity index (χ3v) is 10.3. The number of aliphatic hydroxyl groups is 2. The van der Waals surface area contributed by atoms with Crippen LogP contribution in [0.5, 0.6) is 0 Å². The summed E-state index contributed by atoms with van der Waals surface area (Å²) in [6, 6.07) is 0. The maximum Gasteiger partial charge on any atom is 0.341 e. The van der Waals surface area contributed by atoms with Gasteiger partial charge in [-0.15, -0.1) is 6.58 Å². The van der Waals surface area contributed by atoms with Gasteiger partial charge in [-0.2, -0.15) is 0 Å². The molecular formula is C17H30O6Si. The lowest BCUT2D eigenvalue weighted by Gasteiger charge is -2.47. The molecule has 0 bridgehead atoms. The van der Waals surface area contributed by atoms with Crippen LogP contribution in [0.25, 0.3) is 0 Å². The van der Waals surface area contributed by atoms with Gasteiger partial charge < -0.3 is 24.1 Å². The number of methoxy groups -OCH3 is 1. The molecule has 2 rings (SSSR count). The third kappa shape index (κ3) is 2.86. The van der Waals surface area contributed by atoms with Crippen molar-refractivity contribution in [2.75, 3.05) is 7.11 Å². The van der Waals surface area contributed by atoms with Crippen LogP contribution in [-0.4, -0.2) is 61.1 Å². The van der Waals surface area contributed by atoms with Crippen LogP contribution in [0, 0.1) is 0 Å². The highest BCUT2D eigenvalue weighted by Crippen LogP contribution is 2.53. The van der Waals surface area contributed by atoms with Crippen molar-refractivity contribution in [2.45, 2.75) is 81.3 Å². The van der Waals surface area contributed by atoms with Crippen LogP contribution in [0.3, 0.4) is 0 Å². The Labute approximate surface area is 144 Å². The zero-order valence-corrected chi connectivity index (χ0v) is 16.5. The van der Waals surface area contributed by atoms with Crippen molar-refractivity contribution < 1.29 is 28.9 Å². The van der Waals surface area contributed by atoms with Gasteiger partial charge in [0.15, 0.2) is 13.9 Å². The summed E-state index contributed by atoms with van der Waals surface area (Å²) in [5.41, 5.74) is -3.83. The fourth-order valence-electron chi connectivity index (χ4n) is 3.21. The van der Waals surface area contributed by atoms with E-state index in [1.807, 2.05) is 0 Å². The first-order valence-corrected chi connectivity index (χ1v) is 11.2. The molecule has 138 valence electrons. The Hall–Kier alpha value is -0.733. The van der Waals surface area contributed by atoms with Gasteiger partial charge in [-0.05, 0) is 24.6 Å². The molecule has 0 spiro atoms. The highest BCUT2D eigenvalue weighted by atomic mass is 28.4. The topological polar surface area (TPSA) is 88.5 Å². The van der Waals surface area contributed by atoms with Gasteiger partial charge in [0, 0.05) is 6.42 Å². The van der Waals surface area contributed by atoms with Crippen LogP contribution in [-0.2, 0) is 18.7 Å². The molecular weight excluding hydrogens is 328 g/mol. The summed E-state index contributed by atoms with van der Waals surface area (Å²) >= 11 is 0. The summed E-state index contributed by atoms with van der Waals surface area (Å²) in [7, 11) is -0.932. The lowest BCUT2D eigenvalue weighted by Crippen LogP contribution is -2.68. The second kappa shape index (κ2) is 5.91. The van der Waals surface area contributed by atoms with E-state index >= 15 is 0 Å². The molecule has 1 saturated heterocycles. The van der Waals surface area contributed by atoms with Crippen molar-refractivity contribution in [2.24, 2.45) is 0 Å². The maximum atomic E-state index is 12.3. The fraction of sp³-hybridized carbons (Fsp3) is 0.824. The first-order chi connectivity index (χ1) is 10.8. The van der Waals surface area contributed by atoms with E-state index in [2.05, 4.69) is 40.4 Å². The van der Waals surface area contributed by atoms with Gasteiger partial charge in [0.05, 0.1) is 13.2 Å². The van der Waals surface area contributed by atoms with Crippen LogP contribution in [0.15, 0.2) is 12.7 Å². The molecule has 0 aromatic heterocycles. The predicted octanol–water partition coefficient (Wildman–Crippen LogP) is 1.76. The van der Waals surface area contributed by atoms with E-state index in [1.165, 1.54) is 13.2 Å². The molecule has 0 aromatic carbocycles. The van der Waals surface area contributed by atoms with E-state index < -0.39 is 37.7 Å². The molecule has 2 aliphatic rings. The number of ether oxygens (including phenoxy) is 2. The number of hydrogen-bond donors (Lipinski definition) is 2. The monoisotopic (exact) mass is 358 g/mol. The summed E-state index contributed by atoms with van der Waals surface area (Å²) in [6.07, 6.45) is 0.00794. The molecule has 1 heterocycles. The van der Waals surface area contributed by atoms with Crippen LogP contribution >= 0.6 is 0 Å². The molecule has 1 aliphatic carbocycles. The summed E-state index contributed by atoms with van der Waals surface area (Å²) in [6.45, 7) is 14.2. The van der Waals surface area contributed by atoms with E-state index in [-0.39, 0.29) is 24.0 Å². The van der Waals surface area contributed by atoms with Crippen LogP contribution in [0.4, 0.5) is 0 Å². The molecule has 7 heteroatoms. The molecule has 0 radical (unpaired) electrons. The number of fused-ring (bicyclic) bond motifs is 1. The first-order valence-electron chi connectivity index (χ1n) is 8.31. The minimum Gasteiger partial charge on any atom is -0.467 e. The Bertz CT molecular complexity index is 528. The van der Waals surface area contributed by atoms with Gasteiger partial charge in [0.2, 0.25) is 0 Å². The summed E-state index contributed by atoms with van der Waals surface area (Å²) in [5.74, 6) is -0.871. The highest BCUT2D eigenvalue weighted by Gasteiger charge is 2.73. The van der Waals surface area contributed by atoms with Gasteiger partial charge in [-0.1, -0.05) is 26.8 Å². The smallest absolute Gasteiger partial charge is 0.341 e. The number of rotatable bonds is 5. The molecule has 0 amide bonds. The van der Waals surface area contributed by atoms with Crippen molar-refractivity contribution in [1.82, 2.24) is 0 Å². The Kier molecular flexibility index (Phi) is 4.83. The van der Waals surface area contributed by atoms with Crippen molar-refractivity contribution in [3.63, 3.8) is 0 Å². The zero-order valence-electron chi connectivity index (χ0n) is 15.5. The van der Waals surface area contributed by atoms with Crippen molar-refractivity contribution >= 4 is 14.3 Å². The largest absolute Gasteiger partial charge is 0.467 e. The van der Waals surface area contributed by atoms with Gasteiger partial charge in [-0.3, -0.25) is 0 Å². The van der Waals surface area contributed by atoms with Crippen molar-refractivity contribution in [1.29, 1.82) is 0 Å². The SMILES string of the molecule is C=CC[C@]1(O)[C@H]2O[C@H]2[C@H](O[Si](C)(C)C(C)(C)C)C[C@]1(O)C(=O)OC. The van der Waals surface area contributed by atoms with Crippen molar-refractivity contribution in [3.05, 3.63) is 12.7 Å². The maximum absolute atomic E-state index is 12.3. The van der Waals surface area contributed by atoms with Crippen molar-refractivity contribution in [3.8, 4) is 0 Å². The Morgan fingerprint density at radius 2 is 2.00 bits per heavy atom. The summed E-state index contributed by atoms with van der Waals surface area (Å²) in [4.78, 5) is 12.3. The summed E-state index contributed by atoms with van der Waals surface area (Å²) in [5, 5.41) is 22.0. The normalized spacial score (nSPS) is 39.1. The Morgan fingerprint density at radius 3 is 2.46 bits per heavy atom. The van der Waals surface area contributed by atoms with Crippen LogP contribution in [0.1, 0.15) is 33.6 Å². The minimum absolute atomic E-state index is 0.0182. The Balaban J connectivity index is 2.33. The standard InChI is InChI=1S/C17H30O6Si/c1-8-9-16(19)13-12(22-13)11(10-17(16,20)14(18)21-5)23-24(6,7)15(2,3)4/h8,11-13,19-20H,1,9-10H2,2-7H3/t11-,12+,13+,16+,17+/m1/s1. The van der Waals surface area contributed by atoms with E-state index in [9.17, 15) is 15.0 Å². The number of carbonyl (C=O) groups excluding carboxylic acids is 1. The number of hydrogen-bond acceptors (Lipinski definition) is 6. The average molecular weight is 359 g/mol. The van der Waals surface area contributed by atoms with E-state index in [1.54, 1.807) is 0 Å². The molecule has 0 unspecified atom stereocenters. The van der Waals surface area contributed by atoms with E-state index in [0.717, 1.165) is 0 Å². The number of carbonyl (C=O) groups is 1. The highest BCUT2D eigenvalue weighted by molar-refractivity contribution is 6.74. The first kappa shape index (κ1) is 19.6. The fourth-order valence-corrected chi connectivity index (χ4v) is 4.54. The molecule has 1 saturated carbocycles. The van der Waals surface area contributed by atoms with E-state index in [4.69, 9.17) is 13.9 Å². The molecule has 2 fully saturated rings. The molecule has 24 heavy (non-hydrogen) atoms. The lowest BCUT2D eigenvalue weighted by atomic mass is 9.69. The third-order valence-electron chi connectivity index (χ3n) is 5.81. The number of epoxide rings is 1. The van der Waals surface area contributed by atoms with Crippen LogP contribution < -0.4 is 0 Å². The summed E-state index contributed by atoms with van der Waals surface area (Å²) < 4.78 is 16.8. The van der Waals surface area contributed by atoms with Crippen LogP contribution in [0.2, 0.25) is 18.1 Å². The predicted molar refractivity (Wildman–Crippen MR) is 92.1 cm³/mol. The Morgan fingerprint density at radius 1 is 1.42 bits per heavy atom. The molecule has 5 atom stereocenters. The molecule has 6 nitrogen and oxygen atoms in total. The molecule has 1 aliphatic heterocycles. The lowest BCUT2D eigenvalue weighted by molar-refractivity contribution is -0.210. The zero-order chi connectivity index (χ0) is 18.6. The van der Waals surface area contributed by atoms with Gasteiger partial charge in [0.1, 0.15) is 17.8 Å². The van der Waals surface area contributed by atoms with Gasteiger partial charge in [0.25, 0.3) is 0 Å². The molecule has 0 aromatic rings. The number of esters is 1. The average Bonchev–Trinajstić information content (AvgIpc) is 3.24. The van der Waals surface area contributed by atoms with Gasteiger partial charge >= 0.3 is 5.97 Å². The second-order valence-electron chi connectivity index (χ2n) is 8.41. The minimum atomic E-state index is -2.12. The van der Waals surface area contributed by atoms with E-state index in [0.29, 0.717) is 0 Å². The quantitative estimate of drug-likeness (QED) is 0.337. The molecule has 2 N–H and O–H groups in total.